The first kappa shape index (κ1) is 19.9. The highest BCUT2D eigenvalue weighted by Gasteiger charge is 2.24. The summed E-state index contributed by atoms with van der Waals surface area (Å²) < 4.78 is 5.29. The Labute approximate surface area is 158 Å². The van der Waals surface area contributed by atoms with Gasteiger partial charge < -0.3 is 15.4 Å². The lowest BCUT2D eigenvalue weighted by Crippen LogP contribution is -2.40. The Kier molecular flexibility index (Phi) is 7.40. The third-order valence-corrected chi connectivity index (χ3v) is 4.95. The lowest BCUT2D eigenvalue weighted by molar-refractivity contribution is -0.113. The van der Waals surface area contributed by atoms with Crippen molar-refractivity contribution in [3.63, 3.8) is 0 Å². The molecule has 8 heteroatoms. The van der Waals surface area contributed by atoms with Gasteiger partial charge in [0.2, 0.25) is 5.91 Å². The summed E-state index contributed by atoms with van der Waals surface area (Å²) in [4.78, 5) is 26.4. The molecule has 138 valence electrons. The molecule has 0 bridgehead atoms. The summed E-state index contributed by atoms with van der Waals surface area (Å²) in [7, 11) is 1.47. The number of anilines is 1. The average Bonchev–Trinajstić information content (AvgIpc) is 3.08. The van der Waals surface area contributed by atoms with E-state index in [0.717, 1.165) is 25.9 Å². The molecule has 0 saturated carbocycles. The van der Waals surface area contributed by atoms with E-state index in [0.29, 0.717) is 29.6 Å². The number of benzene rings is 1. The number of thiol groups is 1. The van der Waals surface area contributed by atoms with E-state index < -0.39 is 0 Å². The molecule has 1 aromatic rings. The number of nitrogens with zero attached hydrogens (tertiary/aromatic N) is 1. The molecule has 2 amide bonds. The highest BCUT2D eigenvalue weighted by atomic mass is 35.5. The number of ether oxygens (including phenoxy) is 1. The van der Waals surface area contributed by atoms with E-state index in [1.165, 1.54) is 13.2 Å². The second kappa shape index (κ2) is 9.31. The molecule has 1 aliphatic rings. The molecule has 25 heavy (non-hydrogen) atoms. The van der Waals surface area contributed by atoms with Crippen LogP contribution in [0.1, 0.15) is 30.1 Å². The van der Waals surface area contributed by atoms with Crippen LogP contribution in [0, 0.1) is 0 Å². The quantitative estimate of drug-likeness (QED) is 0.630. The molecular weight excluding hydrogens is 362 g/mol. The van der Waals surface area contributed by atoms with Gasteiger partial charge in [-0.1, -0.05) is 18.5 Å². The van der Waals surface area contributed by atoms with Gasteiger partial charge in [-0.3, -0.25) is 14.5 Å². The van der Waals surface area contributed by atoms with Gasteiger partial charge in [0, 0.05) is 18.7 Å². The maximum atomic E-state index is 12.6. The summed E-state index contributed by atoms with van der Waals surface area (Å²) in [5.74, 6) is -0.134. The van der Waals surface area contributed by atoms with Crippen molar-refractivity contribution >= 4 is 41.7 Å². The highest BCUT2D eigenvalue weighted by molar-refractivity contribution is 7.81. The largest absolute Gasteiger partial charge is 0.496 e. The first-order valence-corrected chi connectivity index (χ1v) is 9.31. The van der Waals surface area contributed by atoms with E-state index in [1.807, 2.05) is 0 Å². The average molecular weight is 386 g/mol. The van der Waals surface area contributed by atoms with Gasteiger partial charge in [0.25, 0.3) is 5.91 Å². The molecule has 1 heterocycles. The third-order valence-electron chi connectivity index (χ3n) is 4.35. The number of amides is 2. The zero-order chi connectivity index (χ0) is 18.4. The molecule has 1 aliphatic heterocycles. The summed E-state index contributed by atoms with van der Waals surface area (Å²) in [6.45, 7) is 4.77. The van der Waals surface area contributed by atoms with Crippen LogP contribution < -0.4 is 15.4 Å². The van der Waals surface area contributed by atoms with E-state index in [-0.39, 0.29) is 22.6 Å². The molecule has 0 aromatic heterocycles. The standard InChI is InChI=1S/C17H24ClN3O3S/c1-3-21-6-4-5-11(21)9-19-17(23)12-7-13(18)14(8-15(12)24-2)20-16(22)10-25/h7-8,11,25H,3-6,9-10H2,1-2H3,(H,19,23)(H,20,22). The minimum absolute atomic E-state index is 0.0379. The Hall–Kier alpha value is -1.44. The smallest absolute Gasteiger partial charge is 0.255 e. The number of rotatable bonds is 7. The Balaban J connectivity index is 2.10. The van der Waals surface area contributed by atoms with Crippen molar-refractivity contribution in [1.29, 1.82) is 0 Å². The zero-order valence-corrected chi connectivity index (χ0v) is 16.1. The number of likely N-dealkylation sites (N-methyl/N-ethyl adjacent to an activating group) is 1. The van der Waals surface area contributed by atoms with Gasteiger partial charge in [-0.05, 0) is 32.0 Å². The van der Waals surface area contributed by atoms with Crippen LogP contribution in [0.4, 0.5) is 5.69 Å². The number of carbonyl (C=O) groups excluding carboxylic acids is 2. The molecule has 0 aliphatic carbocycles. The van der Waals surface area contributed by atoms with Crippen molar-refractivity contribution in [2.24, 2.45) is 0 Å². The second-order valence-corrected chi connectivity index (χ2v) is 6.60. The molecular formula is C17H24ClN3O3S. The van der Waals surface area contributed by atoms with Crippen LogP contribution in [0.25, 0.3) is 0 Å². The molecule has 1 fully saturated rings. The highest BCUT2D eigenvalue weighted by Crippen LogP contribution is 2.31. The van der Waals surface area contributed by atoms with Gasteiger partial charge in [0.1, 0.15) is 5.75 Å². The van der Waals surface area contributed by atoms with Crippen molar-refractivity contribution < 1.29 is 14.3 Å². The summed E-state index contributed by atoms with van der Waals surface area (Å²) >= 11 is 10.1. The minimum atomic E-state index is -0.287. The van der Waals surface area contributed by atoms with Crippen LogP contribution in [0.3, 0.4) is 0 Å². The van der Waals surface area contributed by atoms with Crippen LogP contribution in [-0.4, -0.2) is 55.3 Å². The van der Waals surface area contributed by atoms with E-state index in [1.54, 1.807) is 6.07 Å². The fourth-order valence-corrected chi connectivity index (χ4v) is 3.32. The topological polar surface area (TPSA) is 70.7 Å². The van der Waals surface area contributed by atoms with Crippen molar-refractivity contribution in [3.8, 4) is 5.75 Å². The molecule has 1 unspecified atom stereocenters. The summed E-state index contributed by atoms with van der Waals surface area (Å²) in [5, 5.41) is 5.86. The van der Waals surface area contributed by atoms with E-state index in [4.69, 9.17) is 16.3 Å². The summed E-state index contributed by atoms with van der Waals surface area (Å²) in [6.07, 6.45) is 2.24. The van der Waals surface area contributed by atoms with Crippen LogP contribution in [0.5, 0.6) is 5.75 Å². The monoisotopic (exact) mass is 385 g/mol. The van der Waals surface area contributed by atoms with Crippen molar-refractivity contribution in [3.05, 3.63) is 22.7 Å². The lowest BCUT2D eigenvalue weighted by atomic mass is 10.1. The molecule has 6 nitrogen and oxygen atoms in total. The van der Waals surface area contributed by atoms with Gasteiger partial charge in [-0.15, -0.1) is 0 Å². The van der Waals surface area contributed by atoms with Crippen LogP contribution in [0.2, 0.25) is 5.02 Å². The van der Waals surface area contributed by atoms with E-state index >= 15 is 0 Å². The predicted octanol–water partition coefficient (Wildman–Crippen LogP) is 2.43. The molecule has 1 atom stereocenters. The van der Waals surface area contributed by atoms with E-state index in [9.17, 15) is 9.59 Å². The van der Waals surface area contributed by atoms with Gasteiger partial charge in [-0.2, -0.15) is 12.6 Å². The van der Waals surface area contributed by atoms with Crippen LogP contribution in [0.15, 0.2) is 12.1 Å². The van der Waals surface area contributed by atoms with Crippen molar-refractivity contribution in [2.75, 3.05) is 37.8 Å². The summed E-state index contributed by atoms with van der Waals surface area (Å²) in [5.41, 5.74) is 0.736. The molecule has 0 radical (unpaired) electrons. The number of nitrogens with one attached hydrogen (secondary N) is 2. The van der Waals surface area contributed by atoms with Gasteiger partial charge in [0.15, 0.2) is 0 Å². The molecule has 2 N–H and O–H groups in total. The zero-order valence-electron chi connectivity index (χ0n) is 14.5. The van der Waals surface area contributed by atoms with Gasteiger partial charge >= 0.3 is 0 Å². The van der Waals surface area contributed by atoms with Crippen LogP contribution >= 0.6 is 24.2 Å². The Morgan fingerprint density at radius 1 is 1.44 bits per heavy atom. The third kappa shape index (κ3) is 5.03. The Morgan fingerprint density at radius 2 is 2.20 bits per heavy atom. The molecule has 2 rings (SSSR count). The fourth-order valence-electron chi connectivity index (χ4n) is 3.03. The number of carbonyl (C=O) groups is 2. The summed E-state index contributed by atoms with van der Waals surface area (Å²) in [6, 6.07) is 3.42. The Bertz CT molecular complexity index is 642. The number of likely N-dealkylation sites (tertiary alicyclic amines) is 1. The van der Waals surface area contributed by atoms with Gasteiger partial charge in [0.05, 0.1) is 29.1 Å². The Morgan fingerprint density at radius 3 is 2.84 bits per heavy atom. The molecule has 1 aromatic carbocycles. The maximum absolute atomic E-state index is 12.6. The first-order valence-electron chi connectivity index (χ1n) is 8.30. The van der Waals surface area contributed by atoms with E-state index in [2.05, 4.69) is 35.1 Å². The molecule has 0 spiro atoms. The fraction of sp³-hybridized carbons (Fsp3) is 0.529. The van der Waals surface area contributed by atoms with Crippen LogP contribution in [-0.2, 0) is 4.79 Å². The maximum Gasteiger partial charge on any atom is 0.255 e. The number of hydrogen-bond acceptors (Lipinski definition) is 5. The first-order chi connectivity index (χ1) is 12.0. The second-order valence-electron chi connectivity index (χ2n) is 5.87. The lowest BCUT2D eigenvalue weighted by Gasteiger charge is -2.23. The number of methoxy groups -OCH3 is 1. The SMILES string of the molecule is CCN1CCCC1CNC(=O)c1cc(Cl)c(NC(=O)CS)cc1OC. The molecule has 1 saturated heterocycles. The van der Waals surface area contributed by atoms with Crippen molar-refractivity contribution in [2.45, 2.75) is 25.8 Å². The normalized spacial score (nSPS) is 17.4. The van der Waals surface area contributed by atoms with Crippen molar-refractivity contribution in [1.82, 2.24) is 10.2 Å². The number of halogens is 1. The predicted molar refractivity (Wildman–Crippen MR) is 103 cm³/mol. The number of hydrogen-bond donors (Lipinski definition) is 3. The minimum Gasteiger partial charge on any atom is -0.496 e. The van der Waals surface area contributed by atoms with Gasteiger partial charge in [-0.25, -0.2) is 0 Å².